The standard InChI is InChI=1S/C17H27N7S/c1-11-12(2)24(13-8-6-5-7-9-13)17(19-11)25-10-14-20-15(18)22-16(21-14)23(3)4/h13H,5-10H2,1-4H3,(H2,18,20,21,22). The minimum atomic E-state index is 0.261. The number of hydrogen-bond acceptors (Lipinski definition) is 7. The molecule has 0 aliphatic heterocycles. The first-order chi connectivity index (χ1) is 12.0. The number of hydrogen-bond donors (Lipinski definition) is 1. The molecular formula is C17H27N7S. The van der Waals surface area contributed by atoms with Crippen LogP contribution in [0.25, 0.3) is 0 Å². The van der Waals surface area contributed by atoms with Crippen molar-refractivity contribution >= 4 is 23.7 Å². The molecule has 0 aromatic carbocycles. The van der Waals surface area contributed by atoms with Gasteiger partial charge in [-0.25, -0.2) is 4.98 Å². The van der Waals surface area contributed by atoms with E-state index in [2.05, 4.69) is 33.4 Å². The summed E-state index contributed by atoms with van der Waals surface area (Å²) in [4.78, 5) is 19.5. The Kier molecular flexibility index (Phi) is 5.46. The van der Waals surface area contributed by atoms with Crippen LogP contribution in [0, 0.1) is 13.8 Å². The first-order valence-electron chi connectivity index (χ1n) is 8.81. The topological polar surface area (TPSA) is 85.8 Å². The molecule has 2 N–H and O–H groups in total. The molecule has 0 spiro atoms. The maximum atomic E-state index is 5.82. The fourth-order valence-electron chi connectivity index (χ4n) is 3.29. The van der Waals surface area contributed by atoms with Gasteiger partial charge >= 0.3 is 0 Å². The van der Waals surface area contributed by atoms with Gasteiger partial charge in [0, 0.05) is 25.8 Å². The highest BCUT2D eigenvalue weighted by atomic mass is 32.2. The second kappa shape index (κ2) is 7.59. The summed E-state index contributed by atoms with van der Waals surface area (Å²) in [5, 5.41) is 1.06. The van der Waals surface area contributed by atoms with Gasteiger partial charge in [-0.05, 0) is 26.7 Å². The SMILES string of the molecule is Cc1nc(SCc2nc(N)nc(N(C)C)n2)n(C2CCCCC2)c1C. The van der Waals surface area contributed by atoms with Crippen LogP contribution < -0.4 is 10.6 Å². The van der Waals surface area contributed by atoms with E-state index in [0.717, 1.165) is 10.9 Å². The molecule has 0 unspecified atom stereocenters. The van der Waals surface area contributed by atoms with Gasteiger partial charge in [0.2, 0.25) is 11.9 Å². The van der Waals surface area contributed by atoms with Crippen molar-refractivity contribution < 1.29 is 0 Å². The van der Waals surface area contributed by atoms with E-state index in [9.17, 15) is 0 Å². The van der Waals surface area contributed by atoms with E-state index >= 15 is 0 Å². The van der Waals surface area contributed by atoms with Crippen molar-refractivity contribution in [1.29, 1.82) is 0 Å². The number of rotatable bonds is 5. The molecule has 7 nitrogen and oxygen atoms in total. The normalized spacial score (nSPS) is 15.5. The molecule has 1 aliphatic carbocycles. The predicted octanol–water partition coefficient (Wildman–Crippen LogP) is 3.13. The number of nitrogen functional groups attached to an aromatic ring is 1. The van der Waals surface area contributed by atoms with Gasteiger partial charge in [0.1, 0.15) is 5.82 Å². The molecule has 0 amide bonds. The van der Waals surface area contributed by atoms with Crippen LogP contribution in [-0.4, -0.2) is 38.6 Å². The Balaban J connectivity index is 1.80. The smallest absolute Gasteiger partial charge is 0.229 e. The van der Waals surface area contributed by atoms with Gasteiger partial charge < -0.3 is 15.2 Å². The van der Waals surface area contributed by atoms with Crippen LogP contribution in [0.4, 0.5) is 11.9 Å². The van der Waals surface area contributed by atoms with Crippen LogP contribution in [-0.2, 0) is 5.75 Å². The van der Waals surface area contributed by atoms with Crippen molar-refractivity contribution in [1.82, 2.24) is 24.5 Å². The van der Waals surface area contributed by atoms with E-state index in [1.54, 1.807) is 11.8 Å². The van der Waals surface area contributed by atoms with Crippen LogP contribution in [0.2, 0.25) is 0 Å². The van der Waals surface area contributed by atoms with E-state index in [1.165, 1.54) is 37.8 Å². The highest BCUT2D eigenvalue weighted by Gasteiger charge is 2.22. The molecule has 0 atom stereocenters. The third kappa shape index (κ3) is 4.05. The van der Waals surface area contributed by atoms with E-state index in [1.807, 2.05) is 19.0 Å². The highest BCUT2D eigenvalue weighted by Crippen LogP contribution is 2.34. The average molecular weight is 362 g/mol. The van der Waals surface area contributed by atoms with Crippen molar-refractivity contribution in [2.24, 2.45) is 0 Å². The van der Waals surface area contributed by atoms with E-state index < -0.39 is 0 Å². The zero-order valence-corrected chi connectivity index (χ0v) is 16.3. The molecule has 1 saturated carbocycles. The lowest BCUT2D eigenvalue weighted by molar-refractivity contribution is 0.332. The molecule has 1 aliphatic rings. The predicted molar refractivity (Wildman–Crippen MR) is 102 cm³/mol. The number of thioether (sulfide) groups is 1. The highest BCUT2D eigenvalue weighted by molar-refractivity contribution is 7.98. The van der Waals surface area contributed by atoms with Crippen LogP contribution >= 0.6 is 11.8 Å². The number of nitrogens with zero attached hydrogens (tertiary/aromatic N) is 6. The Morgan fingerprint density at radius 1 is 1.08 bits per heavy atom. The van der Waals surface area contributed by atoms with Crippen molar-refractivity contribution in [2.75, 3.05) is 24.7 Å². The summed E-state index contributed by atoms with van der Waals surface area (Å²) in [6.45, 7) is 4.26. The van der Waals surface area contributed by atoms with E-state index in [0.29, 0.717) is 23.6 Å². The minimum Gasteiger partial charge on any atom is -0.368 e. The Morgan fingerprint density at radius 3 is 2.48 bits per heavy atom. The van der Waals surface area contributed by atoms with Crippen molar-refractivity contribution in [2.45, 2.75) is 62.9 Å². The number of aryl methyl sites for hydroxylation is 1. The van der Waals surface area contributed by atoms with Gasteiger partial charge in [-0.2, -0.15) is 15.0 Å². The van der Waals surface area contributed by atoms with Crippen LogP contribution in [0.3, 0.4) is 0 Å². The fourth-order valence-corrected chi connectivity index (χ4v) is 4.30. The second-order valence-corrected chi connectivity index (χ2v) is 7.76. The summed E-state index contributed by atoms with van der Waals surface area (Å²) in [7, 11) is 3.79. The molecule has 0 bridgehead atoms. The fraction of sp³-hybridized carbons (Fsp3) is 0.647. The van der Waals surface area contributed by atoms with E-state index in [4.69, 9.17) is 10.7 Å². The first kappa shape index (κ1) is 18.0. The molecule has 1 fully saturated rings. The molecule has 8 heteroatoms. The molecule has 2 heterocycles. The second-order valence-electron chi connectivity index (χ2n) is 6.82. The van der Waals surface area contributed by atoms with Crippen molar-refractivity contribution in [3.05, 3.63) is 17.2 Å². The Labute approximate surface area is 153 Å². The van der Waals surface area contributed by atoms with Crippen LogP contribution in [0.15, 0.2) is 5.16 Å². The number of nitrogens with two attached hydrogens (primary N) is 1. The lowest BCUT2D eigenvalue weighted by atomic mass is 9.95. The largest absolute Gasteiger partial charge is 0.368 e. The van der Waals surface area contributed by atoms with Gasteiger partial charge in [-0.15, -0.1) is 0 Å². The molecule has 2 aromatic rings. The number of aromatic nitrogens is 5. The molecular weight excluding hydrogens is 334 g/mol. The molecule has 3 rings (SSSR count). The molecule has 25 heavy (non-hydrogen) atoms. The maximum Gasteiger partial charge on any atom is 0.229 e. The van der Waals surface area contributed by atoms with Gasteiger partial charge in [-0.1, -0.05) is 31.0 Å². The monoisotopic (exact) mass is 361 g/mol. The van der Waals surface area contributed by atoms with Crippen LogP contribution in [0.1, 0.15) is 55.4 Å². The summed E-state index contributed by atoms with van der Waals surface area (Å²) in [6, 6.07) is 0.568. The maximum absolute atomic E-state index is 5.82. The average Bonchev–Trinajstić information content (AvgIpc) is 2.87. The number of anilines is 2. The third-order valence-corrected chi connectivity index (χ3v) is 5.66. The summed E-state index contributed by atoms with van der Waals surface area (Å²) in [5.74, 6) is 2.17. The summed E-state index contributed by atoms with van der Waals surface area (Å²) < 4.78 is 2.43. The van der Waals surface area contributed by atoms with E-state index in [-0.39, 0.29) is 5.95 Å². The van der Waals surface area contributed by atoms with Gasteiger partial charge in [-0.3, -0.25) is 0 Å². The molecule has 2 aromatic heterocycles. The zero-order valence-electron chi connectivity index (χ0n) is 15.5. The first-order valence-corrected chi connectivity index (χ1v) is 9.80. The summed E-state index contributed by atoms with van der Waals surface area (Å²) >= 11 is 1.68. The van der Waals surface area contributed by atoms with Crippen molar-refractivity contribution in [3.63, 3.8) is 0 Å². The molecule has 136 valence electrons. The number of imidazole rings is 1. The zero-order chi connectivity index (χ0) is 18.0. The third-order valence-electron chi connectivity index (χ3n) is 4.71. The molecule has 0 radical (unpaired) electrons. The quantitative estimate of drug-likeness (QED) is 0.819. The van der Waals surface area contributed by atoms with Crippen molar-refractivity contribution in [3.8, 4) is 0 Å². The van der Waals surface area contributed by atoms with Crippen LogP contribution in [0.5, 0.6) is 0 Å². The molecule has 0 saturated heterocycles. The van der Waals surface area contributed by atoms with Gasteiger partial charge in [0.15, 0.2) is 5.16 Å². The minimum absolute atomic E-state index is 0.261. The Hall–Kier alpha value is -1.83. The Bertz CT molecular complexity index is 735. The van der Waals surface area contributed by atoms with Gasteiger partial charge in [0.05, 0.1) is 11.4 Å². The lowest BCUT2D eigenvalue weighted by Crippen LogP contribution is -2.16. The Morgan fingerprint density at radius 2 is 1.80 bits per heavy atom. The summed E-state index contributed by atoms with van der Waals surface area (Å²) in [6.07, 6.45) is 6.45. The lowest BCUT2D eigenvalue weighted by Gasteiger charge is -2.26. The summed E-state index contributed by atoms with van der Waals surface area (Å²) in [5.41, 5.74) is 8.21. The van der Waals surface area contributed by atoms with Gasteiger partial charge in [0.25, 0.3) is 0 Å².